The van der Waals surface area contributed by atoms with E-state index in [1.54, 1.807) is 0 Å². The van der Waals surface area contributed by atoms with Crippen LogP contribution in [0.25, 0.3) is 0 Å². The van der Waals surface area contributed by atoms with Crippen molar-refractivity contribution in [3.8, 4) is 0 Å². The molecule has 0 saturated carbocycles. The smallest absolute Gasteiger partial charge is 0.0512 e. The van der Waals surface area contributed by atoms with Crippen molar-refractivity contribution in [3.05, 3.63) is 0 Å². The summed E-state index contributed by atoms with van der Waals surface area (Å²) < 4.78 is 0. The van der Waals surface area contributed by atoms with Gasteiger partial charge in [-0.05, 0) is 31.1 Å². The molecule has 0 aliphatic rings. The quantitative estimate of drug-likeness (QED) is 0.474. The minimum absolute atomic E-state index is 0.117. The summed E-state index contributed by atoms with van der Waals surface area (Å²) in [4.78, 5) is 0. The van der Waals surface area contributed by atoms with Crippen LogP contribution in [0.15, 0.2) is 0 Å². The van der Waals surface area contributed by atoms with E-state index in [1.807, 2.05) is 6.92 Å². The molecular formula is C18H38O. The van der Waals surface area contributed by atoms with Crippen LogP contribution in [0.1, 0.15) is 92.4 Å². The Hall–Kier alpha value is -0.0400. The van der Waals surface area contributed by atoms with Crippen molar-refractivity contribution in [2.45, 2.75) is 98.5 Å². The highest BCUT2D eigenvalue weighted by atomic mass is 16.3. The summed E-state index contributed by atoms with van der Waals surface area (Å²) in [6, 6.07) is 0. The molecule has 0 rings (SSSR count). The summed E-state index contributed by atoms with van der Waals surface area (Å²) >= 11 is 0. The van der Waals surface area contributed by atoms with Crippen LogP contribution in [0.4, 0.5) is 0 Å². The van der Waals surface area contributed by atoms with Crippen molar-refractivity contribution in [3.63, 3.8) is 0 Å². The maximum atomic E-state index is 9.24. The molecule has 0 unspecified atom stereocenters. The zero-order valence-electron chi connectivity index (χ0n) is 14.1. The second-order valence-corrected chi connectivity index (χ2v) is 7.25. The summed E-state index contributed by atoms with van der Waals surface area (Å²) in [7, 11) is 0. The van der Waals surface area contributed by atoms with Crippen LogP contribution in [0.2, 0.25) is 0 Å². The van der Waals surface area contributed by atoms with E-state index in [1.165, 1.54) is 51.4 Å². The lowest BCUT2D eigenvalue weighted by Crippen LogP contribution is -2.03. The van der Waals surface area contributed by atoms with Crippen molar-refractivity contribution >= 4 is 0 Å². The zero-order valence-corrected chi connectivity index (χ0v) is 14.1. The van der Waals surface area contributed by atoms with E-state index in [0.717, 1.165) is 24.2 Å². The van der Waals surface area contributed by atoms with Crippen LogP contribution in [0.5, 0.6) is 0 Å². The van der Waals surface area contributed by atoms with Gasteiger partial charge in [0.05, 0.1) is 6.10 Å². The number of rotatable bonds is 12. The van der Waals surface area contributed by atoms with Crippen LogP contribution >= 0.6 is 0 Å². The van der Waals surface area contributed by atoms with Gasteiger partial charge in [0.15, 0.2) is 0 Å². The van der Waals surface area contributed by atoms with E-state index >= 15 is 0 Å². The van der Waals surface area contributed by atoms with E-state index in [2.05, 4.69) is 27.7 Å². The number of aliphatic hydroxyl groups is 1. The largest absolute Gasteiger partial charge is 0.393 e. The third-order valence-corrected chi connectivity index (χ3v) is 4.19. The fourth-order valence-corrected chi connectivity index (χ4v) is 2.74. The molecule has 0 aromatic heterocycles. The van der Waals surface area contributed by atoms with Crippen LogP contribution < -0.4 is 0 Å². The minimum atomic E-state index is -0.117. The topological polar surface area (TPSA) is 20.2 Å². The van der Waals surface area contributed by atoms with Crippen molar-refractivity contribution in [1.29, 1.82) is 0 Å². The van der Waals surface area contributed by atoms with Gasteiger partial charge in [-0.25, -0.2) is 0 Å². The van der Waals surface area contributed by atoms with Gasteiger partial charge in [0.1, 0.15) is 0 Å². The van der Waals surface area contributed by atoms with Gasteiger partial charge in [0, 0.05) is 0 Å². The normalized spacial score (nSPS) is 16.6. The van der Waals surface area contributed by atoms with Gasteiger partial charge in [-0.2, -0.15) is 0 Å². The molecule has 1 nitrogen and oxygen atoms in total. The third-order valence-electron chi connectivity index (χ3n) is 4.19. The van der Waals surface area contributed by atoms with Crippen LogP contribution in [0.3, 0.4) is 0 Å². The van der Waals surface area contributed by atoms with E-state index in [4.69, 9.17) is 0 Å². The molecule has 0 aromatic carbocycles. The van der Waals surface area contributed by atoms with E-state index in [9.17, 15) is 5.11 Å². The highest BCUT2D eigenvalue weighted by Gasteiger charge is 2.07. The molecule has 0 aliphatic heterocycles. The number of hydrogen-bond donors (Lipinski definition) is 1. The Bertz CT molecular complexity index is 166. The molecule has 0 aliphatic carbocycles. The Morgan fingerprint density at radius 3 is 1.32 bits per heavy atom. The molecule has 0 radical (unpaired) electrons. The summed E-state index contributed by atoms with van der Waals surface area (Å²) in [6.45, 7) is 11.3. The Balaban J connectivity index is 3.40. The van der Waals surface area contributed by atoms with E-state index in [-0.39, 0.29) is 6.10 Å². The molecule has 0 amide bonds. The molecule has 0 heterocycles. The first-order valence-electron chi connectivity index (χ1n) is 8.59. The third kappa shape index (κ3) is 14.2. The Labute approximate surface area is 122 Å². The lowest BCUT2D eigenvalue weighted by Gasteiger charge is -2.15. The average Bonchev–Trinajstić information content (AvgIpc) is 2.27. The molecule has 1 heteroatoms. The first-order chi connectivity index (χ1) is 8.91. The maximum absolute atomic E-state index is 9.24. The van der Waals surface area contributed by atoms with Crippen LogP contribution in [0, 0.1) is 17.8 Å². The second-order valence-electron chi connectivity index (χ2n) is 7.25. The van der Waals surface area contributed by atoms with Crippen molar-refractivity contribution in [1.82, 2.24) is 0 Å². The Morgan fingerprint density at radius 1 is 0.579 bits per heavy atom. The van der Waals surface area contributed by atoms with Gasteiger partial charge in [0.2, 0.25) is 0 Å². The molecule has 1 N–H and O–H groups in total. The summed E-state index contributed by atoms with van der Waals surface area (Å²) in [5, 5.41) is 9.24. The fraction of sp³-hybridized carbons (Fsp3) is 1.00. The molecule has 0 fully saturated rings. The van der Waals surface area contributed by atoms with Crippen molar-refractivity contribution < 1.29 is 5.11 Å². The highest BCUT2D eigenvalue weighted by molar-refractivity contribution is 4.60. The SMILES string of the molecule is CC(C)CCC[C@H](C)CCC[C@@H](C)CCC[C@@H](C)O. The molecule has 0 spiro atoms. The lowest BCUT2D eigenvalue weighted by atomic mass is 9.92. The Kier molecular flexibility index (Phi) is 11.7. The molecule has 116 valence electrons. The van der Waals surface area contributed by atoms with Gasteiger partial charge in [0.25, 0.3) is 0 Å². The predicted molar refractivity (Wildman–Crippen MR) is 86.4 cm³/mol. The summed E-state index contributed by atoms with van der Waals surface area (Å²) in [5.74, 6) is 2.60. The number of aliphatic hydroxyl groups excluding tert-OH is 1. The van der Waals surface area contributed by atoms with Crippen molar-refractivity contribution in [2.75, 3.05) is 0 Å². The predicted octanol–water partition coefficient (Wildman–Crippen LogP) is 5.81. The van der Waals surface area contributed by atoms with Gasteiger partial charge < -0.3 is 5.11 Å². The molecule has 0 saturated heterocycles. The average molecular weight is 271 g/mol. The maximum Gasteiger partial charge on any atom is 0.0512 e. The summed E-state index contributed by atoms with van der Waals surface area (Å²) in [6.07, 6.45) is 11.7. The van der Waals surface area contributed by atoms with E-state index < -0.39 is 0 Å². The van der Waals surface area contributed by atoms with Gasteiger partial charge in [-0.15, -0.1) is 0 Å². The standard InChI is InChI=1S/C18H38O/c1-15(2)9-6-10-16(3)11-7-12-17(4)13-8-14-18(5)19/h15-19H,6-14H2,1-5H3/t16-,17+,18+/m0/s1. The van der Waals surface area contributed by atoms with Gasteiger partial charge in [-0.3, -0.25) is 0 Å². The zero-order chi connectivity index (χ0) is 14.7. The molecule has 0 aromatic rings. The Morgan fingerprint density at radius 2 is 0.947 bits per heavy atom. The summed E-state index contributed by atoms with van der Waals surface area (Å²) in [5.41, 5.74) is 0. The monoisotopic (exact) mass is 270 g/mol. The van der Waals surface area contributed by atoms with Gasteiger partial charge >= 0.3 is 0 Å². The lowest BCUT2D eigenvalue weighted by molar-refractivity contribution is 0.178. The molecule has 0 bridgehead atoms. The highest BCUT2D eigenvalue weighted by Crippen LogP contribution is 2.21. The second kappa shape index (κ2) is 11.8. The van der Waals surface area contributed by atoms with E-state index in [0.29, 0.717) is 0 Å². The van der Waals surface area contributed by atoms with Crippen molar-refractivity contribution in [2.24, 2.45) is 17.8 Å². The molecule has 3 atom stereocenters. The minimum Gasteiger partial charge on any atom is -0.393 e. The van der Waals surface area contributed by atoms with Crippen LogP contribution in [-0.2, 0) is 0 Å². The fourth-order valence-electron chi connectivity index (χ4n) is 2.74. The van der Waals surface area contributed by atoms with Gasteiger partial charge in [-0.1, -0.05) is 79.1 Å². The molecular weight excluding hydrogens is 232 g/mol. The number of hydrogen-bond acceptors (Lipinski definition) is 1. The van der Waals surface area contributed by atoms with Crippen LogP contribution in [-0.4, -0.2) is 11.2 Å². The molecule has 19 heavy (non-hydrogen) atoms. The first kappa shape index (κ1) is 19.0. The first-order valence-corrected chi connectivity index (χ1v) is 8.59.